The first kappa shape index (κ1) is 18.0. The van der Waals surface area contributed by atoms with Crippen molar-refractivity contribution in [3.8, 4) is 5.69 Å². The normalized spacial score (nSPS) is 16.2. The predicted octanol–water partition coefficient (Wildman–Crippen LogP) is 3.96. The molecule has 1 amide bonds. The summed E-state index contributed by atoms with van der Waals surface area (Å²) in [5.74, 6) is -0.111. The van der Waals surface area contributed by atoms with Crippen molar-refractivity contribution in [2.75, 3.05) is 19.6 Å². The highest BCUT2D eigenvalue weighted by molar-refractivity contribution is 6.33. The second-order valence-corrected chi connectivity index (χ2v) is 7.32. The summed E-state index contributed by atoms with van der Waals surface area (Å²) in [6.45, 7) is 9.16. The van der Waals surface area contributed by atoms with Crippen molar-refractivity contribution in [2.24, 2.45) is 0 Å². The lowest BCUT2D eigenvalue weighted by atomic mass is 10.1. The number of carbonyl (C=O) groups excluding carboxylic acids is 1. The van der Waals surface area contributed by atoms with Gasteiger partial charge in [-0.05, 0) is 77.0 Å². The molecule has 1 aromatic heterocycles. The highest BCUT2D eigenvalue weighted by Gasteiger charge is 2.19. The smallest absolute Gasteiger partial charge is 0.252 e. The Kier molecular flexibility index (Phi) is 5.50. The van der Waals surface area contributed by atoms with E-state index in [1.165, 1.54) is 12.8 Å². The Hall–Kier alpha value is -1.78. The molecule has 1 saturated heterocycles. The van der Waals surface area contributed by atoms with Crippen LogP contribution in [-0.4, -0.2) is 41.1 Å². The van der Waals surface area contributed by atoms with Gasteiger partial charge in [-0.25, -0.2) is 0 Å². The van der Waals surface area contributed by atoms with Crippen LogP contribution in [0.2, 0.25) is 5.02 Å². The zero-order valence-electron chi connectivity index (χ0n) is 15.2. The first-order chi connectivity index (χ1) is 12.0. The molecule has 0 unspecified atom stereocenters. The summed E-state index contributed by atoms with van der Waals surface area (Å²) in [4.78, 5) is 15.1. The number of rotatable bonds is 5. The van der Waals surface area contributed by atoms with E-state index in [0.29, 0.717) is 23.2 Å². The summed E-state index contributed by atoms with van der Waals surface area (Å²) in [7, 11) is 0. The zero-order valence-corrected chi connectivity index (χ0v) is 15.9. The van der Waals surface area contributed by atoms with Crippen LogP contribution in [-0.2, 0) is 0 Å². The van der Waals surface area contributed by atoms with Gasteiger partial charge < -0.3 is 9.88 Å². The molecule has 1 N–H and O–H groups in total. The molecule has 2 aromatic rings. The van der Waals surface area contributed by atoms with Crippen LogP contribution in [0.15, 0.2) is 30.3 Å². The number of halogens is 1. The van der Waals surface area contributed by atoms with E-state index in [-0.39, 0.29) is 5.91 Å². The Bertz CT molecular complexity index is 743. The van der Waals surface area contributed by atoms with Crippen molar-refractivity contribution in [3.63, 3.8) is 0 Å². The molecule has 1 aromatic carbocycles. The first-order valence-corrected chi connectivity index (χ1v) is 9.32. The molecule has 5 heteroatoms. The highest BCUT2D eigenvalue weighted by atomic mass is 35.5. The maximum Gasteiger partial charge on any atom is 0.252 e. The van der Waals surface area contributed by atoms with Crippen LogP contribution < -0.4 is 5.32 Å². The third-order valence-corrected chi connectivity index (χ3v) is 5.38. The van der Waals surface area contributed by atoms with E-state index in [9.17, 15) is 4.79 Å². The van der Waals surface area contributed by atoms with E-state index in [1.54, 1.807) is 6.07 Å². The number of aryl methyl sites for hydroxylation is 2. The summed E-state index contributed by atoms with van der Waals surface area (Å²) >= 11 is 6.29. The minimum atomic E-state index is -0.111. The molecule has 1 aliphatic heterocycles. The van der Waals surface area contributed by atoms with E-state index in [0.717, 1.165) is 30.2 Å². The summed E-state index contributed by atoms with van der Waals surface area (Å²) < 4.78 is 2.12. The molecule has 2 heterocycles. The molecule has 25 heavy (non-hydrogen) atoms. The van der Waals surface area contributed by atoms with Crippen molar-refractivity contribution in [2.45, 2.75) is 39.7 Å². The third-order valence-electron chi connectivity index (χ3n) is 5.05. The number of likely N-dealkylation sites (tertiary alicyclic amines) is 1. The number of carbonyl (C=O) groups is 1. The predicted molar refractivity (Wildman–Crippen MR) is 103 cm³/mol. The molecule has 0 bridgehead atoms. The van der Waals surface area contributed by atoms with Crippen LogP contribution in [0.25, 0.3) is 5.69 Å². The average molecular weight is 360 g/mol. The van der Waals surface area contributed by atoms with E-state index in [2.05, 4.69) is 47.7 Å². The lowest BCUT2D eigenvalue weighted by Gasteiger charge is -2.24. The minimum Gasteiger partial charge on any atom is -0.350 e. The topological polar surface area (TPSA) is 37.3 Å². The third kappa shape index (κ3) is 3.91. The van der Waals surface area contributed by atoms with Crippen LogP contribution in [0, 0.1) is 13.8 Å². The van der Waals surface area contributed by atoms with Gasteiger partial charge in [0.1, 0.15) is 0 Å². The Morgan fingerprint density at radius 2 is 1.80 bits per heavy atom. The molecular formula is C20H26ClN3O. The van der Waals surface area contributed by atoms with Crippen LogP contribution >= 0.6 is 11.6 Å². The number of nitrogens with zero attached hydrogens (tertiary/aromatic N) is 2. The van der Waals surface area contributed by atoms with Crippen molar-refractivity contribution in [1.29, 1.82) is 0 Å². The molecule has 0 aliphatic carbocycles. The monoisotopic (exact) mass is 359 g/mol. The fraction of sp³-hybridized carbons (Fsp3) is 0.450. The van der Waals surface area contributed by atoms with Crippen LogP contribution in [0.4, 0.5) is 0 Å². The van der Waals surface area contributed by atoms with Crippen LogP contribution in [0.1, 0.15) is 41.5 Å². The summed E-state index contributed by atoms with van der Waals surface area (Å²) in [5.41, 5.74) is 3.75. The maximum absolute atomic E-state index is 12.7. The van der Waals surface area contributed by atoms with Gasteiger partial charge in [0.05, 0.1) is 10.6 Å². The van der Waals surface area contributed by atoms with Crippen LogP contribution in [0.3, 0.4) is 0 Å². The number of aromatic nitrogens is 1. The molecule has 0 saturated carbocycles. The number of amides is 1. The fourth-order valence-corrected chi connectivity index (χ4v) is 3.75. The molecule has 0 radical (unpaired) electrons. The van der Waals surface area contributed by atoms with Gasteiger partial charge in [0, 0.05) is 29.7 Å². The molecular weight excluding hydrogens is 334 g/mol. The largest absolute Gasteiger partial charge is 0.350 e. The molecule has 1 atom stereocenters. The van der Waals surface area contributed by atoms with Crippen molar-refractivity contribution < 1.29 is 4.79 Å². The standard InChI is InChI=1S/C20H26ClN3O/c1-14-6-7-15(2)24(14)17-8-9-19(21)18(12-17)20(25)22-13-16(3)23-10-4-5-11-23/h6-9,12,16H,4-5,10-11,13H2,1-3H3,(H,22,25)/t16-/m0/s1. The highest BCUT2D eigenvalue weighted by Crippen LogP contribution is 2.23. The van der Waals surface area contributed by atoms with Crippen LogP contribution in [0.5, 0.6) is 0 Å². The van der Waals surface area contributed by atoms with E-state index in [1.807, 2.05) is 12.1 Å². The van der Waals surface area contributed by atoms with E-state index in [4.69, 9.17) is 11.6 Å². The van der Waals surface area contributed by atoms with Crippen molar-refractivity contribution >= 4 is 17.5 Å². The SMILES string of the molecule is Cc1ccc(C)n1-c1ccc(Cl)c(C(=O)NC[C@H](C)N2CCCC2)c1. The molecule has 0 spiro atoms. The second kappa shape index (κ2) is 7.63. The zero-order chi connectivity index (χ0) is 18.0. The quantitative estimate of drug-likeness (QED) is 0.877. The number of hydrogen-bond acceptors (Lipinski definition) is 2. The Balaban J connectivity index is 1.75. The first-order valence-electron chi connectivity index (χ1n) is 8.94. The van der Waals surface area contributed by atoms with E-state index < -0.39 is 0 Å². The van der Waals surface area contributed by atoms with Gasteiger partial charge in [-0.1, -0.05) is 11.6 Å². The molecule has 1 aliphatic rings. The molecule has 134 valence electrons. The number of benzene rings is 1. The maximum atomic E-state index is 12.7. The fourth-order valence-electron chi connectivity index (χ4n) is 3.55. The van der Waals surface area contributed by atoms with Gasteiger partial charge in [0.15, 0.2) is 0 Å². The average Bonchev–Trinajstić information content (AvgIpc) is 3.24. The summed E-state index contributed by atoms with van der Waals surface area (Å²) in [6.07, 6.45) is 2.50. The van der Waals surface area contributed by atoms with Gasteiger partial charge >= 0.3 is 0 Å². The van der Waals surface area contributed by atoms with Crippen molar-refractivity contribution in [1.82, 2.24) is 14.8 Å². The van der Waals surface area contributed by atoms with Gasteiger partial charge in [0.25, 0.3) is 5.91 Å². The summed E-state index contributed by atoms with van der Waals surface area (Å²) in [5, 5.41) is 3.53. The number of nitrogens with one attached hydrogen (secondary N) is 1. The molecule has 1 fully saturated rings. The van der Waals surface area contributed by atoms with Gasteiger partial charge in [0.2, 0.25) is 0 Å². The Morgan fingerprint density at radius 3 is 2.44 bits per heavy atom. The molecule has 3 rings (SSSR count). The van der Waals surface area contributed by atoms with Gasteiger partial charge in [-0.3, -0.25) is 9.69 Å². The summed E-state index contributed by atoms with van der Waals surface area (Å²) in [6, 6.07) is 10.1. The minimum absolute atomic E-state index is 0.111. The Morgan fingerprint density at radius 1 is 1.16 bits per heavy atom. The molecule has 4 nitrogen and oxygen atoms in total. The Labute approximate surface area is 154 Å². The van der Waals surface area contributed by atoms with Gasteiger partial charge in [-0.2, -0.15) is 0 Å². The lowest BCUT2D eigenvalue weighted by Crippen LogP contribution is -2.40. The van der Waals surface area contributed by atoms with Crippen molar-refractivity contribution in [3.05, 3.63) is 52.3 Å². The lowest BCUT2D eigenvalue weighted by molar-refractivity contribution is 0.0940. The van der Waals surface area contributed by atoms with E-state index >= 15 is 0 Å². The second-order valence-electron chi connectivity index (χ2n) is 6.92. The number of hydrogen-bond donors (Lipinski definition) is 1. The van der Waals surface area contributed by atoms with Gasteiger partial charge in [-0.15, -0.1) is 0 Å².